The molecule has 0 amide bonds. The zero-order chi connectivity index (χ0) is 10.5. The van der Waals surface area contributed by atoms with Crippen molar-refractivity contribution >= 4 is 5.97 Å². The average molecular weight is 186 g/mol. The van der Waals surface area contributed by atoms with Gasteiger partial charge >= 0.3 is 5.97 Å². The third kappa shape index (κ3) is 7.53. The summed E-state index contributed by atoms with van der Waals surface area (Å²) in [5, 5.41) is 9.23. The van der Waals surface area contributed by atoms with Crippen LogP contribution in [0, 0.1) is 0 Å². The number of esters is 1. The first kappa shape index (κ1) is 12.2. The lowest BCUT2D eigenvalue weighted by Gasteiger charge is -2.19. The summed E-state index contributed by atoms with van der Waals surface area (Å²) in [6, 6.07) is 0. The summed E-state index contributed by atoms with van der Waals surface area (Å²) in [6.07, 6.45) is 2.54. The molecule has 0 heterocycles. The predicted molar refractivity (Wildman–Crippen MR) is 51.3 cm³/mol. The lowest BCUT2D eigenvalue weighted by molar-refractivity contribution is -0.156. The zero-order valence-electron chi connectivity index (χ0n) is 8.70. The fourth-order valence-corrected chi connectivity index (χ4v) is 0.844. The van der Waals surface area contributed by atoms with E-state index in [9.17, 15) is 9.90 Å². The van der Waals surface area contributed by atoms with E-state index in [1.54, 1.807) is 39.8 Å². The fourth-order valence-electron chi connectivity index (χ4n) is 0.844. The molecule has 0 radical (unpaired) electrons. The SMILES string of the molecule is C/C=C/[C@H](O)CC(=O)OC(C)(C)C. The molecule has 0 saturated heterocycles. The van der Waals surface area contributed by atoms with E-state index in [2.05, 4.69) is 0 Å². The average Bonchev–Trinajstić information content (AvgIpc) is 1.81. The molecule has 0 aliphatic heterocycles. The smallest absolute Gasteiger partial charge is 0.309 e. The highest BCUT2D eigenvalue weighted by atomic mass is 16.6. The molecule has 0 aliphatic carbocycles. The minimum Gasteiger partial charge on any atom is -0.460 e. The number of aliphatic hydroxyl groups excluding tert-OH is 1. The maximum atomic E-state index is 11.1. The second kappa shape index (κ2) is 5.02. The van der Waals surface area contributed by atoms with Crippen LogP contribution in [0.15, 0.2) is 12.2 Å². The third-order valence-electron chi connectivity index (χ3n) is 1.21. The largest absolute Gasteiger partial charge is 0.460 e. The molecule has 0 rings (SSSR count). The predicted octanol–water partition coefficient (Wildman–Crippen LogP) is 1.66. The van der Waals surface area contributed by atoms with Crippen LogP contribution in [-0.4, -0.2) is 22.8 Å². The van der Waals surface area contributed by atoms with E-state index in [4.69, 9.17) is 4.74 Å². The summed E-state index contributed by atoms with van der Waals surface area (Å²) >= 11 is 0. The van der Waals surface area contributed by atoms with Crippen molar-refractivity contribution in [1.82, 2.24) is 0 Å². The van der Waals surface area contributed by atoms with E-state index in [0.717, 1.165) is 0 Å². The Morgan fingerprint density at radius 1 is 1.54 bits per heavy atom. The highest BCUT2D eigenvalue weighted by Gasteiger charge is 2.17. The zero-order valence-corrected chi connectivity index (χ0v) is 8.70. The van der Waals surface area contributed by atoms with Gasteiger partial charge in [0.25, 0.3) is 0 Å². The molecule has 0 fully saturated rings. The van der Waals surface area contributed by atoms with Crippen molar-refractivity contribution in [2.24, 2.45) is 0 Å². The van der Waals surface area contributed by atoms with Gasteiger partial charge in [0.15, 0.2) is 0 Å². The van der Waals surface area contributed by atoms with Crippen molar-refractivity contribution < 1.29 is 14.6 Å². The van der Waals surface area contributed by atoms with Gasteiger partial charge < -0.3 is 9.84 Å². The van der Waals surface area contributed by atoms with Gasteiger partial charge in [0, 0.05) is 0 Å². The molecule has 0 spiro atoms. The Morgan fingerprint density at radius 3 is 2.46 bits per heavy atom. The van der Waals surface area contributed by atoms with Gasteiger partial charge in [-0.3, -0.25) is 4.79 Å². The number of allylic oxidation sites excluding steroid dienone is 1. The molecule has 1 atom stereocenters. The van der Waals surface area contributed by atoms with Crippen LogP contribution in [0.4, 0.5) is 0 Å². The monoisotopic (exact) mass is 186 g/mol. The molecular weight excluding hydrogens is 168 g/mol. The Bertz CT molecular complexity index is 189. The van der Waals surface area contributed by atoms with Crippen molar-refractivity contribution in [2.45, 2.75) is 45.8 Å². The van der Waals surface area contributed by atoms with E-state index < -0.39 is 11.7 Å². The van der Waals surface area contributed by atoms with E-state index >= 15 is 0 Å². The van der Waals surface area contributed by atoms with Crippen molar-refractivity contribution in [3.8, 4) is 0 Å². The third-order valence-corrected chi connectivity index (χ3v) is 1.21. The number of carbonyl (C=O) groups excluding carboxylic acids is 1. The molecule has 0 bridgehead atoms. The highest BCUT2D eigenvalue weighted by molar-refractivity contribution is 5.70. The summed E-state index contributed by atoms with van der Waals surface area (Å²) in [4.78, 5) is 11.1. The topological polar surface area (TPSA) is 46.5 Å². The number of ether oxygens (including phenoxy) is 1. The summed E-state index contributed by atoms with van der Waals surface area (Å²) < 4.78 is 5.02. The van der Waals surface area contributed by atoms with E-state index in [-0.39, 0.29) is 12.4 Å². The lowest BCUT2D eigenvalue weighted by Crippen LogP contribution is -2.26. The Kier molecular flexibility index (Phi) is 4.70. The van der Waals surface area contributed by atoms with E-state index in [0.29, 0.717) is 0 Å². The molecule has 76 valence electrons. The Hall–Kier alpha value is -0.830. The molecule has 0 aliphatic rings. The molecule has 13 heavy (non-hydrogen) atoms. The van der Waals surface area contributed by atoms with Crippen LogP contribution in [0.1, 0.15) is 34.1 Å². The molecule has 3 heteroatoms. The second-order valence-corrected chi connectivity index (χ2v) is 3.88. The van der Waals surface area contributed by atoms with E-state index in [1.807, 2.05) is 0 Å². The van der Waals surface area contributed by atoms with Gasteiger partial charge in [0.05, 0.1) is 12.5 Å². The second-order valence-electron chi connectivity index (χ2n) is 3.88. The minimum absolute atomic E-state index is 0.0155. The molecule has 0 aromatic carbocycles. The maximum absolute atomic E-state index is 11.1. The highest BCUT2D eigenvalue weighted by Crippen LogP contribution is 2.09. The van der Waals surface area contributed by atoms with Gasteiger partial charge in [0.2, 0.25) is 0 Å². The van der Waals surface area contributed by atoms with Crippen LogP contribution in [0.3, 0.4) is 0 Å². The Balaban J connectivity index is 3.88. The maximum Gasteiger partial charge on any atom is 0.309 e. The number of carbonyl (C=O) groups is 1. The number of hydrogen-bond donors (Lipinski definition) is 1. The first-order chi connectivity index (χ1) is 5.85. The molecule has 1 N–H and O–H groups in total. The van der Waals surface area contributed by atoms with Gasteiger partial charge in [-0.2, -0.15) is 0 Å². The molecule has 0 aromatic heterocycles. The molecule has 0 aromatic rings. The summed E-state index contributed by atoms with van der Waals surface area (Å²) in [5.41, 5.74) is -0.479. The minimum atomic E-state index is -0.736. The Labute approximate surface area is 79.4 Å². The quantitative estimate of drug-likeness (QED) is 0.538. The van der Waals surface area contributed by atoms with Crippen LogP contribution in [0.25, 0.3) is 0 Å². The van der Waals surface area contributed by atoms with Gasteiger partial charge in [-0.05, 0) is 27.7 Å². The lowest BCUT2D eigenvalue weighted by atomic mass is 10.2. The standard InChI is InChI=1S/C10H18O3/c1-5-6-8(11)7-9(12)13-10(2,3)4/h5-6,8,11H,7H2,1-4H3/b6-5+/t8-/m0/s1. The summed E-state index contributed by atoms with van der Waals surface area (Å²) in [7, 11) is 0. The van der Waals surface area contributed by atoms with Crippen LogP contribution >= 0.6 is 0 Å². The van der Waals surface area contributed by atoms with Crippen LogP contribution in [0.5, 0.6) is 0 Å². The Morgan fingerprint density at radius 2 is 2.08 bits per heavy atom. The summed E-state index contributed by atoms with van der Waals surface area (Å²) in [5.74, 6) is -0.377. The van der Waals surface area contributed by atoms with Crippen molar-refractivity contribution in [2.75, 3.05) is 0 Å². The number of aliphatic hydroxyl groups is 1. The molecule has 0 unspecified atom stereocenters. The number of hydrogen-bond acceptors (Lipinski definition) is 3. The van der Waals surface area contributed by atoms with Crippen LogP contribution in [-0.2, 0) is 9.53 Å². The van der Waals surface area contributed by atoms with Crippen LogP contribution < -0.4 is 0 Å². The van der Waals surface area contributed by atoms with Gasteiger partial charge in [-0.1, -0.05) is 12.2 Å². The van der Waals surface area contributed by atoms with Crippen molar-refractivity contribution in [1.29, 1.82) is 0 Å². The number of rotatable bonds is 3. The van der Waals surface area contributed by atoms with Crippen LogP contribution in [0.2, 0.25) is 0 Å². The van der Waals surface area contributed by atoms with Crippen molar-refractivity contribution in [3.63, 3.8) is 0 Å². The van der Waals surface area contributed by atoms with Gasteiger partial charge in [-0.25, -0.2) is 0 Å². The fraction of sp³-hybridized carbons (Fsp3) is 0.700. The first-order valence-corrected chi connectivity index (χ1v) is 4.38. The van der Waals surface area contributed by atoms with Gasteiger partial charge in [0.1, 0.15) is 5.60 Å². The summed E-state index contributed by atoms with van der Waals surface area (Å²) in [6.45, 7) is 7.19. The van der Waals surface area contributed by atoms with E-state index in [1.165, 1.54) is 0 Å². The van der Waals surface area contributed by atoms with Gasteiger partial charge in [-0.15, -0.1) is 0 Å². The first-order valence-electron chi connectivity index (χ1n) is 4.38. The molecular formula is C10H18O3. The normalized spacial score (nSPS) is 14.5. The molecule has 0 saturated carbocycles. The molecule has 3 nitrogen and oxygen atoms in total. The van der Waals surface area contributed by atoms with Crippen molar-refractivity contribution in [3.05, 3.63) is 12.2 Å².